The molecule has 1 N–H and O–H groups in total. The lowest BCUT2D eigenvalue weighted by atomic mass is 10.2. The Bertz CT molecular complexity index is 443. The number of aromatic nitrogens is 1. The second-order valence-corrected chi connectivity index (χ2v) is 4.37. The van der Waals surface area contributed by atoms with Crippen LogP contribution in [0.25, 0.3) is 0 Å². The highest BCUT2D eigenvalue weighted by Crippen LogP contribution is 2.20. The van der Waals surface area contributed by atoms with Gasteiger partial charge in [0.05, 0.1) is 0 Å². The Hall–Kier alpha value is -1.35. The van der Waals surface area contributed by atoms with Crippen molar-refractivity contribution in [2.24, 2.45) is 0 Å². The smallest absolute Gasteiger partial charge is 0.0484 e. The van der Waals surface area contributed by atoms with Gasteiger partial charge in [-0.3, -0.25) is 4.98 Å². The highest BCUT2D eigenvalue weighted by Gasteiger charge is 1.97. The Morgan fingerprint density at radius 3 is 2.56 bits per heavy atom. The Morgan fingerprint density at radius 2 is 1.81 bits per heavy atom. The van der Waals surface area contributed by atoms with E-state index in [4.69, 9.17) is 0 Å². The number of anilines is 1. The topological polar surface area (TPSA) is 24.9 Å². The van der Waals surface area contributed by atoms with Crippen LogP contribution in [-0.4, -0.2) is 11.5 Å². The minimum Gasteiger partial charge on any atom is -0.384 e. The Kier molecular flexibility index (Phi) is 3.94. The van der Waals surface area contributed by atoms with Crippen LogP contribution in [0.4, 0.5) is 5.69 Å². The summed E-state index contributed by atoms with van der Waals surface area (Å²) in [5, 5.41) is 3.39. The van der Waals surface area contributed by atoms with Gasteiger partial charge in [-0.2, -0.15) is 0 Å². The molecule has 2 rings (SSSR count). The maximum atomic E-state index is 4.00. The van der Waals surface area contributed by atoms with Crippen molar-refractivity contribution in [3.63, 3.8) is 0 Å². The molecular formula is C13H13BrN2. The first-order valence-electron chi connectivity index (χ1n) is 5.23. The van der Waals surface area contributed by atoms with Crippen LogP contribution in [0.15, 0.2) is 53.3 Å². The van der Waals surface area contributed by atoms with Crippen LogP contribution in [0.5, 0.6) is 0 Å². The molecule has 0 bridgehead atoms. The second-order valence-electron chi connectivity index (χ2n) is 3.51. The van der Waals surface area contributed by atoms with Crippen LogP contribution >= 0.6 is 15.9 Å². The van der Waals surface area contributed by atoms with E-state index in [1.165, 1.54) is 5.56 Å². The number of para-hydroxylation sites is 1. The van der Waals surface area contributed by atoms with Gasteiger partial charge in [0.2, 0.25) is 0 Å². The minimum atomic E-state index is 0.923. The summed E-state index contributed by atoms with van der Waals surface area (Å²) in [5.74, 6) is 0. The van der Waals surface area contributed by atoms with Crippen LogP contribution < -0.4 is 5.32 Å². The number of hydrogen-bond acceptors (Lipinski definition) is 2. The van der Waals surface area contributed by atoms with Crippen molar-refractivity contribution in [2.45, 2.75) is 6.42 Å². The standard InChI is InChI=1S/C13H13BrN2/c14-12-3-1-2-4-13(12)16-10-7-11-5-8-15-9-6-11/h1-6,8-9,16H,7,10H2. The first kappa shape index (κ1) is 11.1. The van der Waals surface area contributed by atoms with Crippen molar-refractivity contribution >= 4 is 21.6 Å². The summed E-state index contributed by atoms with van der Waals surface area (Å²) in [6, 6.07) is 12.2. The fraction of sp³-hybridized carbons (Fsp3) is 0.154. The number of nitrogens with zero attached hydrogens (tertiary/aromatic N) is 1. The van der Waals surface area contributed by atoms with Crippen LogP contribution in [0.2, 0.25) is 0 Å². The maximum Gasteiger partial charge on any atom is 0.0484 e. The predicted octanol–water partition coefficient (Wildman–Crippen LogP) is 3.50. The predicted molar refractivity (Wildman–Crippen MR) is 70.6 cm³/mol. The Labute approximate surface area is 104 Å². The molecule has 2 nitrogen and oxygen atoms in total. The molecule has 0 fully saturated rings. The lowest BCUT2D eigenvalue weighted by Gasteiger charge is -2.07. The quantitative estimate of drug-likeness (QED) is 0.925. The van der Waals surface area contributed by atoms with Crippen molar-refractivity contribution in [3.8, 4) is 0 Å². The van der Waals surface area contributed by atoms with Crippen molar-refractivity contribution in [1.82, 2.24) is 4.98 Å². The first-order chi connectivity index (χ1) is 7.86. The highest BCUT2D eigenvalue weighted by molar-refractivity contribution is 9.10. The fourth-order valence-corrected chi connectivity index (χ4v) is 1.92. The summed E-state index contributed by atoms with van der Waals surface area (Å²) in [7, 11) is 0. The molecule has 3 heteroatoms. The molecule has 0 aliphatic heterocycles. The van der Waals surface area contributed by atoms with Gasteiger partial charge in [0, 0.05) is 29.1 Å². The van der Waals surface area contributed by atoms with E-state index in [1.54, 1.807) is 0 Å². The third-order valence-corrected chi connectivity index (χ3v) is 3.04. The normalized spacial score (nSPS) is 10.1. The van der Waals surface area contributed by atoms with Crippen molar-refractivity contribution in [3.05, 3.63) is 58.8 Å². The van der Waals surface area contributed by atoms with E-state index in [-0.39, 0.29) is 0 Å². The van der Waals surface area contributed by atoms with E-state index in [0.29, 0.717) is 0 Å². The van der Waals surface area contributed by atoms with Crippen molar-refractivity contribution in [2.75, 3.05) is 11.9 Å². The molecule has 0 amide bonds. The maximum absolute atomic E-state index is 4.00. The van der Waals surface area contributed by atoms with Gasteiger partial charge in [-0.1, -0.05) is 12.1 Å². The molecule has 0 aliphatic carbocycles. The van der Waals surface area contributed by atoms with Crippen LogP contribution in [-0.2, 0) is 6.42 Å². The molecule has 2 aromatic rings. The van der Waals surface area contributed by atoms with E-state index in [2.05, 4.69) is 32.3 Å². The molecular weight excluding hydrogens is 264 g/mol. The zero-order valence-corrected chi connectivity index (χ0v) is 10.4. The number of hydrogen-bond donors (Lipinski definition) is 1. The van der Waals surface area contributed by atoms with E-state index >= 15 is 0 Å². The van der Waals surface area contributed by atoms with Gasteiger partial charge in [-0.05, 0) is 52.2 Å². The minimum absolute atomic E-state index is 0.923. The van der Waals surface area contributed by atoms with Gasteiger partial charge in [-0.25, -0.2) is 0 Å². The van der Waals surface area contributed by atoms with Crippen molar-refractivity contribution < 1.29 is 0 Å². The van der Waals surface area contributed by atoms with Crippen LogP contribution in [0.3, 0.4) is 0 Å². The number of rotatable bonds is 4. The van der Waals surface area contributed by atoms with E-state index in [0.717, 1.165) is 23.1 Å². The molecule has 0 radical (unpaired) electrons. The molecule has 1 aromatic heterocycles. The lowest BCUT2D eigenvalue weighted by Crippen LogP contribution is -2.05. The summed E-state index contributed by atoms with van der Waals surface area (Å²) in [6.07, 6.45) is 4.66. The Balaban J connectivity index is 1.87. The van der Waals surface area contributed by atoms with E-state index < -0.39 is 0 Å². The third-order valence-electron chi connectivity index (χ3n) is 2.35. The molecule has 1 aromatic carbocycles. The van der Waals surface area contributed by atoms with Gasteiger partial charge >= 0.3 is 0 Å². The zero-order chi connectivity index (χ0) is 11.2. The molecule has 1 heterocycles. The summed E-state index contributed by atoms with van der Waals surface area (Å²) < 4.78 is 1.10. The zero-order valence-electron chi connectivity index (χ0n) is 8.86. The summed E-state index contributed by atoms with van der Waals surface area (Å²) >= 11 is 3.51. The largest absolute Gasteiger partial charge is 0.384 e. The molecule has 0 atom stereocenters. The monoisotopic (exact) mass is 276 g/mol. The van der Waals surface area contributed by atoms with Gasteiger partial charge in [-0.15, -0.1) is 0 Å². The molecule has 16 heavy (non-hydrogen) atoms. The van der Waals surface area contributed by atoms with Crippen molar-refractivity contribution in [1.29, 1.82) is 0 Å². The van der Waals surface area contributed by atoms with Gasteiger partial charge in [0.1, 0.15) is 0 Å². The Morgan fingerprint density at radius 1 is 1.06 bits per heavy atom. The molecule has 0 aliphatic rings. The number of halogens is 1. The van der Waals surface area contributed by atoms with E-state index in [1.807, 2.05) is 42.7 Å². The third kappa shape index (κ3) is 3.07. The summed E-state index contributed by atoms with van der Waals surface area (Å²) in [4.78, 5) is 4.00. The highest BCUT2D eigenvalue weighted by atomic mass is 79.9. The van der Waals surface area contributed by atoms with Gasteiger partial charge < -0.3 is 5.32 Å². The summed E-state index contributed by atoms with van der Waals surface area (Å²) in [5.41, 5.74) is 2.44. The molecule has 0 unspecified atom stereocenters. The number of benzene rings is 1. The average Bonchev–Trinajstić information content (AvgIpc) is 2.33. The lowest BCUT2D eigenvalue weighted by molar-refractivity contribution is 1.01. The molecule has 0 saturated heterocycles. The molecule has 82 valence electrons. The first-order valence-corrected chi connectivity index (χ1v) is 6.03. The van der Waals surface area contributed by atoms with E-state index in [9.17, 15) is 0 Å². The fourth-order valence-electron chi connectivity index (χ4n) is 1.50. The SMILES string of the molecule is Brc1ccccc1NCCc1ccncc1. The van der Waals surface area contributed by atoms with Crippen LogP contribution in [0.1, 0.15) is 5.56 Å². The number of pyridine rings is 1. The van der Waals surface area contributed by atoms with Gasteiger partial charge in [0.15, 0.2) is 0 Å². The molecule has 0 spiro atoms. The van der Waals surface area contributed by atoms with Crippen LogP contribution in [0, 0.1) is 0 Å². The summed E-state index contributed by atoms with van der Waals surface area (Å²) in [6.45, 7) is 0.923. The molecule has 0 saturated carbocycles. The second kappa shape index (κ2) is 5.66. The van der Waals surface area contributed by atoms with Gasteiger partial charge in [0.25, 0.3) is 0 Å². The number of nitrogens with one attached hydrogen (secondary N) is 1. The average molecular weight is 277 g/mol.